The summed E-state index contributed by atoms with van der Waals surface area (Å²) in [6.45, 7) is 3.49. The quantitative estimate of drug-likeness (QED) is 0.753. The lowest BCUT2D eigenvalue weighted by atomic mass is 10.2. The second kappa shape index (κ2) is 9.17. The average Bonchev–Trinajstić information content (AvgIpc) is 2.86. The number of aromatic nitrogens is 3. The molecule has 0 aliphatic heterocycles. The minimum absolute atomic E-state index is 0. The molecule has 2 N–H and O–H groups in total. The molecule has 0 spiro atoms. The Balaban J connectivity index is 0.00000242. The van der Waals surface area contributed by atoms with Crippen molar-refractivity contribution < 1.29 is 4.79 Å². The van der Waals surface area contributed by atoms with E-state index in [1.54, 1.807) is 4.68 Å². The molecule has 1 heterocycles. The number of benzene rings is 1. The Kier molecular flexibility index (Phi) is 7.56. The lowest BCUT2D eigenvalue weighted by Crippen LogP contribution is -2.28. The van der Waals surface area contributed by atoms with Crippen LogP contribution in [-0.4, -0.2) is 41.0 Å². The maximum Gasteiger partial charge on any atom is 0.226 e. The summed E-state index contributed by atoms with van der Waals surface area (Å²) in [5.74, 6) is -0.0192. The number of nitrogens with one attached hydrogen (secondary N) is 2. The molecule has 22 heavy (non-hydrogen) atoms. The van der Waals surface area contributed by atoms with Crippen LogP contribution in [0.5, 0.6) is 0 Å². The molecule has 2 rings (SSSR count). The topological polar surface area (TPSA) is 71.8 Å². The van der Waals surface area contributed by atoms with E-state index in [0.717, 1.165) is 24.3 Å². The molecule has 0 saturated carbocycles. The van der Waals surface area contributed by atoms with Crippen LogP contribution in [0.1, 0.15) is 17.8 Å². The zero-order valence-electron chi connectivity index (χ0n) is 12.9. The van der Waals surface area contributed by atoms with Crippen LogP contribution >= 0.6 is 12.4 Å². The maximum absolute atomic E-state index is 11.9. The highest BCUT2D eigenvalue weighted by atomic mass is 35.5. The van der Waals surface area contributed by atoms with E-state index in [0.29, 0.717) is 12.2 Å². The number of hydrogen-bond acceptors (Lipinski definition) is 4. The molecule has 0 aliphatic carbocycles. The van der Waals surface area contributed by atoms with E-state index in [1.165, 1.54) is 0 Å². The summed E-state index contributed by atoms with van der Waals surface area (Å²) in [6, 6.07) is 9.77. The Morgan fingerprint density at radius 1 is 1.23 bits per heavy atom. The summed E-state index contributed by atoms with van der Waals surface area (Å²) in [4.78, 5) is 11.9. The van der Waals surface area contributed by atoms with Crippen LogP contribution in [0.4, 0.5) is 0 Å². The van der Waals surface area contributed by atoms with Gasteiger partial charge in [-0.15, -0.1) is 17.5 Å². The number of carbonyl (C=O) groups excluding carboxylic acids is 1. The van der Waals surface area contributed by atoms with Gasteiger partial charge in [-0.25, -0.2) is 4.68 Å². The molecule has 1 aromatic carbocycles. The van der Waals surface area contributed by atoms with E-state index in [2.05, 4.69) is 20.9 Å². The first-order valence-electron chi connectivity index (χ1n) is 7.10. The molecule has 0 fully saturated rings. The maximum atomic E-state index is 11.9. The van der Waals surface area contributed by atoms with Gasteiger partial charge in [0.05, 0.1) is 23.5 Å². The second-order valence-electron chi connectivity index (χ2n) is 4.85. The summed E-state index contributed by atoms with van der Waals surface area (Å²) >= 11 is 0. The van der Waals surface area contributed by atoms with Crippen LogP contribution in [0.3, 0.4) is 0 Å². The molecule has 0 saturated heterocycles. The van der Waals surface area contributed by atoms with E-state index in [1.807, 2.05) is 44.3 Å². The smallest absolute Gasteiger partial charge is 0.226 e. The van der Waals surface area contributed by atoms with E-state index in [4.69, 9.17) is 0 Å². The number of halogens is 1. The van der Waals surface area contributed by atoms with Gasteiger partial charge < -0.3 is 10.6 Å². The Labute approximate surface area is 136 Å². The van der Waals surface area contributed by atoms with Crippen LogP contribution in [0.25, 0.3) is 5.69 Å². The summed E-state index contributed by atoms with van der Waals surface area (Å²) in [5, 5.41) is 14.2. The average molecular weight is 324 g/mol. The molecule has 1 amide bonds. The molecular weight excluding hydrogens is 302 g/mol. The Hall–Kier alpha value is -1.92. The number of hydrogen-bond donors (Lipinski definition) is 2. The van der Waals surface area contributed by atoms with Crippen molar-refractivity contribution in [3.8, 4) is 5.69 Å². The number of carbonyl (C=O) groups is 1. The molecular formula is C15H22ClN5O. The van der Waals surface area contributed by atoms with Gasteiger partial charge in [0, 0.05) is 6.54 Å². The van der Waals surface area contributed by atoms with Crippen LogP contribution in [0.15, 0.2) is 30.3 Å². The second-order valence-corrected chi connectivity index (χ2v) is 4.85. The van der Waals surface area contributed by atoms with Gasteiger partial charge in [-0.3, -0.25) is 4.79 Å². The third-order valence-corrected chi connectivity index (χ3v) is 3.24. The highest BCUT2D eigenvalue weighted by Gasteiger charge is 2.13. The number of nitrogens with zero attached hydrogens (tertiary/aromatic N) is 3. The standard InChI is InChI=1S/C15H21N5O.ClH/c1-12-14(11-15(21)17-10-6-9-16-2)18-19-20(12)13-7-4-3-5-8-13;/h3-5,7-8,16H,6,9-11H2,1-2H3,(H,17,21);1H. The summed E-state index contributed by atoms with van der Waals surface area (Å²) in [6.07, 6.45) is 1.18. The van der Waals surface area contributed by atoms with Gasteiger partial charge in [-0.05, 0) is 39.1 Å². The Bertz CT molecular complexity index is 585. The number of rotatable bonds is 7. The lowest BCUT2D eigenvalue weighted by molar-refractivity contribution is -0.120. The van der Waals surface area contributed by atoms with Gasteiger partial charge in [0.2, 0.25) is 5.91 Å². The molecule has 7 heteroatoms. The van der Waals surface area contributed by atoms with Crippen LogP contribution in [-0.2, 0) is 11.2 Å². The monoisotopic (exact) mass is 323 g/mol. The lowest BCUT2D eigenvalue weighted by Gasteiger charge is -2.05. The molecule has 0 bridgehead atoms. The van der Waals surface area contributed by atoms with Crippen molar-refractivity contribution >= 4 is 18.3 Å². The van der Waals surface area contributed by atoms with E-state index in [9.17, 15) is 4.79 Å². The molecule has 0 aliphatic rings. The van der Waals surface area contributed by atoms with Crippen LogP contribution in [0, 0.1) is 6.92 Å². The molecule has 120 valence electrons. The third-order valence-electron chi connectivity index (χ3n) is 3.24. The minimum Gasteiger partial charge on any atom is -0.356 e. The van der Waals surface area contributed by atoms with Gasteiger partial charge in [-0.2, -0.15) is 0 Å². The number of para-hydroxylation sites is 1. The summed E-state index contributed by atoms with van der Waals surface area (Å²) in [5.41, 5.74) is 2.56. The highest BCUT2D eigenvalue weighted by molar-refractivity contribution is 5.85. The highest BCUT2D eigenvalue weighted by Crippen LogP contribution is 2.11. The van der Waals surface area contributed by atoms with Crippen molar-refractivity contribution in [3.05, 3.63) is 41.7 Å². The summed E-state index contributed by atoms with van der Waals surface area (Å²) in [7, 11) is 1.90. The molecule has 6 nitrogen and oxygen atoms in total. The fraction of sp³-hybridized carbons (Fsp3) is 0.400. The van der Waals surface area contributed by atoms with Gasteiger partial charge in [-0.1, -0.05) is 23.4 Å². The zero-order chi connectivity index (χ0) is 15.1. The van der Waals surface area contributed by atoms with Crippen LogP contribution in [0.2, 0.25) is 0 Å². The first-order chi connectivity index (χ1) is 10.2. The first kappa shape index (κ1) is 18.1. The Morgan fingerprint density at radius 2 is 1.95 bits per heavy atom. The molecule has 2 aromatic rings. The predicted octanol–water partition coefficient (Wildman–Crippen LogP) is 1.27. The Morgan fingerprint density at radius 3 is 2.64 bits per heavy atom. The normalized spacial score (nSPS) is 10.1. The van der Waals surface area contributed by atoms with Crippen molar-refractivity contribution in [2.24, 2.45) is 0 Å². The van der Waals surface area contributed by atoms with E-state index in [-0.39, 0.29) is 24.7 Å². The third kappa shape index (κ3) is 4.82. The van der Waals surface area contributed by atoms with Gasteiger partial charge in [0.1, 0.15) is 0 Å². The molecule has 1 aromatic heterocycles. The minimum atomic E-state index is -0.0192. The fourth-order valence-electron chi connectivity index (χ4n) is 2.05. The van der Waals surface area contributed by atoms with Crippen molar-refractivity contribution in [2.45, 2.75) is 19.8 Å². The predicted molar refractivity (Wildman–Crippen MR) is 88.6 cm³/mol. The molecule has 0 radical (unpaired) electrons. The largest absolute Gasteiger partial charge is 0.356 e. The van der Waals surface area contributed by atoms with E-state index < -0.39 is 0 Å². The van der Waals surface area contributed by atoms with Crippen molar-refractivity contribution in [2.75, 3.05) is 20.1 Å². The van der Waals surface area contributed by atoms with Gasteiger partial charge in [0.25, 0.3) is 0 Å². The SMILES string of the molecule is CNCCCNC(=O)Cc1nnn(-c2ccccc2)c1C.Cl. The summed E-state index contributed by atoms with van der Waals surface area (Å²) < 4.78 is 1.75. The van der Waals surface area contributed by atoms with Crippen LogP contribution < -0.4 is 10.6 Å². The van der Waals surface area contributed by atoms with E-state index >= 15 is 0 Å². The van der Waals surface area contributed by atoms with Gasteiger partial charge in [0.15, 0.2) is 0 Å². The molecule has 0 atom stereocenters. The van der Waals surface area contributed by atoms with Crippen molar-refractivity contribution in [1.29, 1.82) is 0 Å². The zero-order valence-corrected chi connectivity index (χ0v) is 13.7. The number of amides is 1. The van der Waals surface area contributed by atoms with Crippen molar-refractivity contribution in [3.63, 3.8) is 0 Å². The molecule has 0 unspecified atom stereocenters. The fourth-order valence-corrected chi connectivity index (χ4v) is 2.05. The van der Waals surface area contributed by atoms with Crippen molar-refractivity contribution in [1.82, 2.24) is 25.6 Å². The van der Waals surface area contributed by atoms with Gasteiger partial charge >= 0.3 is 0 Å². The first-order valence-corrected chi connectivity index (χ1v) is 7.10.